The van der Waals surface area contributed by atoms with E-state index in [9.17, 15) is 4.79 Å². The number of methoxy groups -OCH3 is 2. The fraction of sp³-hybridized carbons (Fsp3) is 0.412. The van der Waals surface area contributed by atoms with E-state index < -0.39 is 0 Å². The minimum atomic E-state index is -0.254. The maximum Gasteiger partial charge on any atom is 0.259 e. The molecule has 124 valence electrons. The van der Waals surface area contributed by atoms with E-state index in [4.69, 9.17) is 9.47 Å². The second-order valence-corrected chi connectivity index (χ2v) is 5.58. The molecule has 2 aromatic rings. The zero-order valence-electron chi connectivity index (χ0n) is 14.4. The first-order valence-electron chi connectivity index (χ1n) is 7.48. The highest BCUT2D eigenvalue weighted by atomic mass is 16.5. The van der Waals surface area contributed by atoms with Gasteiger partial charge in [-0.3, -0.25) is 9.48 Å². The quantitative estimate of drug-likeness (QED) is 0.918. The van der Waals surface area contributed by atoms with Crippen LogP contribution in [0.3, 0.4) is 0 Å². The number of hydrogen-bond donors (Lipinski definition) is 1. The van der Waals surface area contributed by atoms with Crippen LogP contribution < -0.4 is 14.8 Å². The second kappa shape index (κ2) is 6.73. The summed E-state index contributed by atoms with van der Waals surface area (Å²) in [6.07, 6.45) is 0. The number of ether oxygens (including phenoxy) is 2. The number of nitrogens with one attached hydrogen (secondary N) is 1. The molecule has 0 radical (unpaired) electrons. The third kappa shape index (κ3) is 3.16. The summed E-state index contributed by atoms with van der Waals surface area (Å²) in [6, 6.07) is 5.44. The summed E-state index contributed by atoms with van der Waals surface area (Å²) < 4.78 is 12.5. The van der Waals surface area contributed by atoms with Gasteiger partial charge in [0.15, 0.2) is 11.5 Å². The van der Waals surface area contributed by atoms with Crippen molar-refractivity contribution in [3.05, 3.63) is 35.2 Å². The normalized spacial score (nSPS) is 10.7. The number of carbonyl (C=O) groups is 1. The van der Waals surface area contributed by atoms with Crippen molar-refractivity contribution in [2.24, 2.45) is 0 Å². The van der Waals surface area contributed by atoms with Crippen molar-refractivity contribution >= 4 is 11.6 Å². The molecule has 1 aromatic heterocycles. The van der Waals surface area contributed by atoms with Gasteiger partial charge >= 0.3 is 0 Å². The maximum atomic E-state index is 12.7. The molecule has 0 aliphatic carbocycles. The molecule has 6 nitrogen and oxygen atoms in total. The predicted molar refractivity (Wildman–Crippen MR) is 89.6 cm³/mol. The fourth-order valence-corrected chi connectivity index (χ4v) is 2.59. The summed E-state index contributed by atoms with van der Waals surface area (Å²) in [5.41, 5.74) is 2.86. The number of anilines is 1. The lowest BCUT2D eigenvalue weighted by Gasteiger charge is -2.13. The fourth-order valence-electron chi connectivity index (χ4n) is 2.59. The Bertz CT molecular complexity index is 720. The summed E-state index contributed by atoms with van der Waals surface area (Å²) in [7, 11) is 3.06. The Labute approximate surface area is 136 Å². The molecule has 0 aliphatic heterocycles. The molecule has 6 heteroatoms. The average molecular weight is 317 g/mol. The Hall–Kier alpha value is -2.50. The van der Waals surface area contributed by atoms with Crippen LogP contribution in [0.1, 0.15) is 41.6 Å². The van der Waals surface area contributed by atoms with Crippen LogP contribution in [0.5, 0.6) is 11.5 Å². The highest BCUT2D eigenvalue weighted by Crippen LogP contribution is 2.32. The molecule has 0 bridgehead atoms. The number of rotatable bonds is 5. The second-order valence-electron chi connectivity index (χ2n) is 5.58. The zero-order valence-corrected chi connectivity index (χ0v) is 14.4. The van der Waals surface area contributed by atoms with Crippen LogP contribution in [0, 0.1) is 13.8 Å². The van der Waals surface area contributed by atoms with Crippen molar-refractivity contribution in [2.75, 3.05) is 19.5 Å². The Morgan fingerprint density at radius 2 is 1.91 bits per heavy atom. The van der Waals surface area contributed by atoms with Crippen LogP contribution >= 0.6 is 0 Å². The van der Waals surface area contributed by atoms with E-state index in [0.29, 0.717) is 17.1 Å². The lowest BCUT2D eigenvalue weighted by molar-refractivity contribution is 0.102. The third-order valence-electron chi connectivity index (χ3n) is 3.70. The first-order chi connectivity index (χ1) is 10.9. The summed E-state index contributed by atoms with van der Waals surface area (Å²) >= 11 is 0. The third-order valence-corrected chi connectivity index (χ3v) is 3.70. The van der Waals surface area contributed by atoms with Gasteiger partial charge in [0.05, 0.1) is 36.9 Å². The van der Waals surface area contributed by atoms with Crippen molar-refractivity contribution in [1.29, 1.82) is 0 Å². The van der Waals surface area contributed by atoms with Crippen molar-refractivity contribution in [1.82, 2.24) is 9.78 Å². The van der Waals surface area contributed by atoms with Crippen LogP contribution in [0.25, 0.3) is 0 Å². The molecule has 1 aromatic carbocycles. The Balaban J connectivity index is 2.37. The molecule has 0 unspecified atom stereocenters. The minimum absolute atomic E-state index is 0.228. The van der Waals surface area contributed by atoms with Crippen molar-refractivity contribution in [3.63, 3.8) is 0 Å². The Kier molecular flexibility index (Phi) is 4.93. The predicted octanol–water partition coefficient (Wildman–Crippen LogP) is 3.35. The van der Waals surface area contributed by atoms with E-state index in [0.717, 1.165) is 17.1 Å². The molecular weight excluding hydrogens is 294 g/mol. The number of para-hydroxylation sites is 1. The molecule has 2 rings (SSSR count). The maximum absolute atomic E-state index is 12.7. The van der Waals surface area contributed by atoms with Crippen LogP contribution in [0.2, 0.25) is 0 Å². The van der Waals surface area contributed by atoms with Gasteiger partial charge < -0.3 is 14.8 Å². The van der Waals surface area contributed by atoms with Crippen molar-refractivity contribution in [3.8, 4) is 11.5 Å². The van der Waals surface area contributed by atoms with Gasteiger partial charge in [0.25, 0.3) is 5.91 Å². The summed E-state index contributed by atoms with van der Waals surface area (Å²) in [6.45, 7) is 7.93. The van der Waals surface area contributed by atoms with Crippen LogP contribution in [0.15, 0.2) is 18.2 Å². The first kappa shape index (κ1) is 16.9. The van der Waals surface area contributed by atoms with Gasteiger partial charge in [0.1, 0.15) is 0 Å². The lowest BCUT2D eigenvalue weighted by Crippen LogP contribution is -2.15. The van der Waals surface area contributed by atoms with Gasteiger partial charge in [-0.15, -0.1) is 0 Å². The van der Waals surface area contributed by atoms with E-state index in [1.807, 2.05) is 18.5 Å². The number of hydrogen-bond acceptors (Lipinski definition) is 4. The first-order valence-corrected chi connectivity index (χ1v) is 7.48. The van der Waals surface area contributed by atoms with E-state index >= 15 is 0 Å². The van der Waals surface area contributed by atoms with E-state index in [1.54, 1.807) is 25.3 Å². The van der Waals surface area contributed by atoms with Gasteiger partial charge in [0.2, 0.25) is 0 Å². The average Bonchev–Trinajstić information content (AvgIpc) is 2.82. The van der Waals surface area contributed by atoms with Gasteiger partial charge in [0, 0.05) is 6.04 Å². The van der Waals surface area contributed by atoms with Crippen molar-refractivity contribution in [2.45, 2.75) is 33.7 Å². The molecule has 1 heterocycles. The largest absolute Gasteiger partial charge is 0.493 e. The number of aryl methyl sites for hydroxylation is 1. The van der Waals surface area contributed by atoms with Gasteiger partial charge in [-0.1, -0.05) is 6.07 Å². The molecule has 0 saturated carbocycles. The van der Waals surface area contributed by atoms with Crippen LogP contribution in [-0.4, -0.2) is 29.9 Å². The SMILES string of the molecule is COc1cccc(C(=O)Nc2c(C)nn(C(C)C)c2C)c1OC. The topological polar surface area (TPSA) is 65.4 Å². The van der Waals surface area contributed by atoms with Crippen molar-refractivity contribution < 1.29 is 14.3 Å². The van der Waals surface area contributed by atoms with Crippen LogP contribution in [-0.2, 0) is 0 Å². The number of aromatic nitrogens is 2. The highest BCUT2D eigenvalue weighted by Gasteiger charge is 2.20. The van der Waals surface area contributed by atoms with E-state index in [-0.39, 0.29) is 11.9 Å². The standard InChI is InChI=1S/C17H23N3O3/c1-10(2)20-12(4)15(11(3)19-20)18-17(21)13-8-7-9-14(22-5)16(13)23-6/h7-10H,1-6H3,(H,18,21). The molecule has 1 amide bonds. The number of nitrogens with zero attached hydrogens (tertiary/aromatic N) is 2. The summed E-state index contributed by atoms with van der Waals surface area (Å²) in [5.74, 6) is 0.681. The number of carbonyl (C=O) groups excluding carboxylic acids is 1. The number of amides is 1. The lowest BCUT2D eigenvalue weighted by atomic mass is 10.1. The van der Waals surface area contributed by atoms with Gasteiger partial charge in [-0.2, -0.15) is 5.10 Å². The molecule has 0 spiro atoms. The number of benzene rings is 1. The molecule has 0 fully saturated rings. The molecule has 0 saturated heterocycles. The zero-order chi connectivity index (χ0) is 17.1. The van der Waals surface area contributed by atoms with E-state index in [2.05, 4.69) is 24.3 Å². The molecule has 0 atom stereocenters. The molecule has 0 aliphatic rings. The van der Waals surface area contributed by atoms with Crippen LogP contribution in [0.4, 0.5) is 5.69 Å². The highest BCUT2D eigenvalue weighted by molar-refractivity contribution is 6.07. The Morgan fingerprint density at radius 3 is 2.43 bits per heavy atom. The molecule has 1 N–H and O–H groups in total. The molecule has 23 heavy (non-hydrogen) atoms. The molecular formula is C17H23N3O3. The minimum Gasteiger partial charge on any atom is -0.493 e. The van der Waals surface area contributed by atoms with E-state index in [1.165, 1.54) is 7.11 Å². The summed E-state index contributed by atoms with van der Waals surface area (Å²) in [4.78, 5) is 12.7. The van der Waals surface area contributed by atoms with Gasteiger partial charge in [-0.05, 0) is 39.8 Å². The monoisotopic (exact) mass is 317 g/mol. The Morgan fingerprint density at radius 1 is 1.22 bits per heavy atom. The smallest absolute Gasteiger partial charge is 0.259 e. The summed E-state index contributed by atoms with van der Waals surface area (Å²) in [5, 5.41) is 7.42. The van der Waals surface area contributed by atoms with Gasteiger partial charge in [-0.25, -0.2) is 0 Å².